The highest BCUT2D eigenvalue weighted by atomic mass is 14.6. The van der Waals surface area contributed by atoms with Gasteiger partial charge in [0.15, 0.2) is 0 Å². The average Bonchev–Trinajstić information content (AvgIpc) is 2.37. The number of rotatable bonds is 4. The van der Waals surface area contributed by atoms with E-state index in [4.69, 9.17) is 0 Å². The minimum absolute atomic E-state index is 1.04. The zero-order valence-corrected chi connectivity index (χ0v) is 10.2. The number of benzene rings is 1. The van der Waals surface area contributed by atoms with Gasteiger partial charge in [-0.05, 0) is 41.3 Å². The van der Waals surface area contributed by atoms with Crippen molar-refractivity contribution in [2.24, 2.45) is 0 Å². The van der Waals surface area contributed by atoms with Crippen LogP contribution in [0.15, 0.2) is 37.6 Å². The fourth-order valence-electron chi connectivity index (χ4n) is 2.13. The lowest BCUT2D eigenvalue weighted by atomic mass is 9.98. The second-order valence-electron chi connectivity index (χ2n) is 4.13. The molecule has 0 radical (unpaired) electrons. The Morgan fingerprint density at radius 3 is 2.59 bits per heavy atom. The maximum Gasteiger partial charge on any atom is 0.0711 e. The third-order valence-corrected chi connectivity index (χ3v) is 3.00. The Kier molecular flexibility index (Phi) is 3.38. The standard InChI is InChI=1S/C16H17N/c1-4-7-14-11-16-15(10-13(14)6-3)12(5-2)8-9-17-16/h5-6,8-11H,2-4,7H2,1H3. The van der Waals surface area contributed by atoms with E-state index in [9.17, 15) is 0 Å². The Morgan fingerprint density at radius 2 is 1.94 bits per heavy atom. The second-order valence-corrected chi connectivity index (χ2v) is 4.13. The van der Waals surface area contributed by atoms with Crippen molar-refractivity contribution >= 4 is 23.1 Å². The van der Waals surface area contributed by atoms with Crippen LogP contribution < -0.4 is 0 Å². The summed E-state index contributed by atoms with van der Waals surface area (Å²) in [5.41, 5.74) is 4.69. The molecule has 1 heteroatoms. The predicted octanol–water partition coefficient (Wildman–Crippen LogP) is 4.47. The largest absolute Gasteiger partial charge is 0.256 e. The Bertz CT molecular complexity index is 567. The van der Waals surface area contributed by atoms with Crippen molar-refractivity contribution in [2.45, 2.75) is 19.8 Å². The summed E-state index contributed by atoms with van der Waals surface area (Å²) in [6, 6.07) is 6.32. The smallest absolute Gasteiger partial charge is 0.0711 e. The van der Waals surface area contributed by atoms with E-state index in [2.05, 4.69) is 37.2 Å². The SMILES string of the molecule is C=Cc1cc2c(C=C)ccnc2cc1CCC. The molecular weight excluding hydrogens is 206 g/mol. The first-order valence-electron chi connectivity index (χ1n) is 5.96. The van der Waals surface area contributed by atoms with E-state index in [1.54, 1.807) is 0 Å². The van der Waals surface area contributed by atoms with Gasteiger partial charge in [-0.1, -0.05) is 38.7 Å². The van der Waals surface area contributed by atoms with Crippen LogP contribution in [0.3, 0.4) is 0 Å². The highest BCUT2D eigenvalue weighted by molar-refractivity contribution is 5.90. The van der Waals surface area contributed by atoms with E-state index in [1.807, 2.05) is 24.4 Å². The van der Waals surface area contributed by atoms with Crippen LogP contribution in [0.5, 0.6) is 0 Å². The van der Waals surface area contributed by atoms with Crippen LogP contribution in [0.2, 0.25) is 0 Å². The minimum atomic E-state index is 1.04. The summed E-state index contributed by atoms with van der Waals surface area (Å²) in [5.74, 6) is 0. The van der Waals surface area contributed by atoms with Crippen LogP contribution in [-0.2, 0) is 6.42 Å². The lowest BCUT2D eigenvalue weighted by Gasteiger charge is -2.09. The number of pyridine rings is 1. The molecule has 0 amide bonds. The summed E-state index contributed by atoms with van der Waals surface area (Å²) in [6.07, 6.45) is 7.83. The molecule has 86 valence electrons. The van der Waals surface area contributed by atoms with Crippen LogP contribution in [0.4, 0.5) is 0 Å². The van der Waals surface area contributed by atoms with Gasteiger partial charge in [-0.2, -0.15) is 0 Å². The topological polar surface area (TPSA) is 12.9 Å². The molecule has 1 heterocycles. The van der Waals surface area contributed by atoms with E-state index >= 15 is 0 Å². The van der Waals surface area contributed by atoms with Crippen molar-refractivity contribution in [1.82, 2.24) is 4.98 Å². The van der Waals surface area contributed by atoms with E-state index < -0.39 is 0 Å². The summed E-state index contributed by atoms with van der Waals surface area (Å²) >= 11 is 0. The van der Waals surface area contributed by atoms with Crippen molar-refractivity contribution in [1.29, 1.82) is 0 Å². The molecule has 2 rings (SSSR count). The molecule has 0 N–H and O–H groups in total. The van der Waals surface area contributed by atoms with Gasteiger partial charge in [-0.15, -0.1) is 0 Å². The van der Waals surface area contributed by atoms with Gasteiger partial charge in [0.05, 0.1) is 5.52 Å². The molecular formula is C16H17N. The van der Waals surface area contributed by atoms with Crippen LogP contribution in [0.1, 0.15) is 30.0 Å². The molecule has 2 aromatic rings. The number of aryl methyl sites for hydroxylation is 1. The first-order chi connectivity index (χ1) is 8.30. The van der Waals surface area contributed by atoms with Gasteiger partial charge in [0, 0.05) is 11.6 Å². The molecule has 0 saturated carbocycles. The summed E-state index contributed by atoms with van der Waals surface area (Å²) in [7, 11) is 0. The number of hydrogen-bond donors (Lipinski definition) is 0. The van der Waals surface area contributed by atoms with Gasteiger partial charge < -0.3 is 0 Å². The minimum Gasteiger partial charge on any atom is -0.256 e. The Balaban J connectivity index is 2.72. The third kappa shape index (κ3) is 2.14. The first kappa shape index (κ1) is 11.6. The average molecular weight is 223 g/mol. The fourth-order valence-corrected chi connectivity index (χ4v) is 2.13. The second kappa shape index (κ2) is 4.96. The molecule has 0 spiro atoms. The van der Waals surface area contributed by atoms with Crippen LogP contribution in [0, 0.1) is 0 Å². The summed E-state index contributed by atoms with van der Waals surface area (Å²) in [5, 5.41) is 1.15. The molecule has 0 unspecified atom stereocenters. The summed E-state index contributed by atoms with van der Waals surface area (Å²) in [6.45, 7) is 9.92. The summed E-state index contributed by atoms with van der Waals surface area (Å²) < 4.78 is 0. The Labute approximate surface area is 103 Å². The van der Waals surface area contributed by atoms with Crippen molar-refractivity contribution in [2.75, 3.05) is 0 Å². The van der Waals surface area contributed by atoms with Crippen LogP contribution >= 0.6 is 0 Å². The zero-order valence-electron chi connectivity index (χ0n) is 10.2. The third-order valence-electron chi connectivity index (χ3n) is 3.00. The summed E-state index contributed by atoms with van der Waals surface area (Å²) in [4.78, 5) is 4.43. The number of fused-ring (bicyclic) bond motifs is 1. The zero-order chi connectivity index (χ0) is 12.3. The maximum absolute atomic E-state index is 4.43. The van der Waals surface area contributed by atoms with Gasteiger partial charge in [0.25, 0.3) is 0 Å². The van der Waals surface area contributed by atoms with Crippen LogP contribution in [0.25, 0.3) is 23.1 Å². The molecule has 0 saturated heterocycles. The first-order valence-corrected chi connectivity index (χ1v) is 5.96. The molecule has 0 bridgehead atoms. The lowest BCUT2D eigenvalue weighted by Crippen LogP contribution is -1.92. The molecule has 1 aromatic carbocycles. The van der Waals surface area contributed by atoms with Crippen molar-refractivity contribution in [3.63, 3.8) is 0 Å². The highest BCUT2D eigenvalue weighted by Crippen LogP contribution is 2.24. The molecule has 0 atom stereocenters. The van der Waals surface area contributed by atoms with E-state index in [1.165, 1.54) is 11.1 Å². The number of hydrogen-bond acceptors (Lipinski definition) is 1. The van der Waals surface area contributed by atoms with Gasteiger partial charge in [0.2, 0.25) is 0 Å². The highest BCUT2D eigenvalue weighted by Gasteiger charge is 2.05. The Morgan fingerprint density at radius 1 is 1.18 bits per heavy atom. The quantitative estimate of drug-likeness (QED) is 0.745. The Hall–Kier alpha value is -1.89. The molecule has 1 nitrogen and oxygen atoms in total. The van der Waals surface area contributed by atoms with Crippen LogP contribution in [-0.4, -0.2) is 4.98 Å². The molecule has 0 fully saturated rings. The molecule has 0 aliphatic heterocycles. The van der Waals surface area contributed by atoms with E-state index in [0.29, 0.717) is 0 Å². The molecule has 0 aliphatic rings. The fraction of sp³-hybridized carbons (Fsp3) is 0.188. The lowest BCUT2D eigenvalue weighted by molar-refractivity contribution is 0.921. The van der Waals surface area contributed by atoms with Crippen molar-refractivity contribution < 1.29 is 0 Å². The molecule has 1 aromatic heterocycles. The van der Waals surface area contributed by atoms with Gasteiger partial charge >= 0.3 is 0 Å². The van der Waals surface area contributed by atoms with Crippen molar-refractivity contribution in [3.05, 3.63) is 54.2 Å². The van der Waals surface area contributed by atoms with Gasteiger partial charge in [0.1, 0.15) is 0 Å². The van der Waals surface area contributed by atoms with Gasteiger partial charge in [-0.25, -0.2) is 0 Å². The van der Waals surface area contributed by atoms with Crippen molar-refractivity contribution in [3.8, 4) is 0 Å². The predicted molar refractivity (Wildman–Crippen MR) is 75.9 cm³/mol. The number of nitrogens with zero attached hydrogens (tertiary/aromatic N) is 1. The number of aromatic nitrogens is 1. The van der Waals surface area contributed by atoms with Gasteiger partial charge in [-0.3, -0.25) is 4.98 Å². The molecule has 17 heavy (non-hydrogen) atoms. The maximum atomic E-state index is 4.43. The monoisotopic (exact) mass is 223 g/mol. The van der Waals surface area contributed by atoms with E-state index in [0.717, 1.165) is 29.3 Å². The molecule has 0 aliphatic carbocycles. The van der Waals surface area contributed by atoms with E-state index in [-0.39, 0.29) is 0 Å². The normalized spacial score (nSPS) is 10.4.